The fourth-order valence-electron chi connectivity index (χ4n) is 3.47. The van der Waals surface area contributed by atoms with Crippen LogP contribution in [-0.2, 0) is 10.0 Å². The molecule has 2 aromatic carbocycles. The smallest absolute Gasteiger partial charge is 0.243 e. The van der Waals surface area contributed by atoms with E-state index in [0.29, 0.717) is 5.02 Å². The Kier molecular flexibility index (Phi) is 5.69. The van der Waals surface area contributed by atoms with Gasteiger partial charge in [-0.1, -0.05) is 41.4 Å². The van der Waals surface area contributed by atoms with E-state index in [1.165, 1.54) is 12.1 Å². The van der Waals surface area contributed by atoms with Gasteiger partial charge in [0.05, 0.1) is 11.1 Å². The Balaban J connectivity index is 1.81. The first kappa shape index (κ1) is 21.6. The van der Waals surface area contributed by atoms with Gasteiger partial charge in [-0.2, -0.15) is 9.94 Å². The van der Waals surface area contributed by atoms with E-state index < -0.39 is 22.0 Å². The minimum Gasteiger partial charge on any atom is -0.243 e. The van der Waals surface area contributed by atoms with E-state index in [4.69, 9.17) is 23.2 Å². The molecule has 2 N–H and O–H groups in total. The SMILES string of the molecule is Cc1ccc(Cl)c(C(C)C(NS(=O)(=O)c2ccc(Cl)c3nonc23)c2nn[nH]n2)c1C. The molecule has 2 atom stereocenters. The quantitative estimate of drug-likeness (QED) is 0.426. The summed E-state index contributed by atoms with van der Waals surface area (Å²) in [5.74, 6) is -0.269. The van der Waals surface area contributed by atoms with Crippen LogP contribution in [-0.4, -0.2) is 39.4 Å². The summed E-state index contributed by atoms with van der Waals surface area (Å²) in [6.45, 7) is 5.72. The minimum absolute atomic E-state index is 0.0179. The normalized spacial score (nSPS) is 14.1. The third kappa shape index (κ3) is 3.89. The van der Waals surface area contributed by atoms with E-state index in [0.717, 1.165) is 16.7 Å². The summed E-state index contributed by atoms with van der Waals surface area (Å²) in [5.41, 5.74) is 2.91. The number of sulfonamides is 1. The lowest BCUT2D eigenvalue weighted by atomic mass is 9.88. The third-order valence-corrected chi connectivity index (χ3v) is 7.34. The van der Waals surface area contributed by atoms with Crippen LogP contribution in [0.5, 0.6) is 0 Å². The van der Waals surface area contributed by atoms with E-state index in [1.54, 1.807) is 6.07 Å². The van der Waals surface area contributed by atoms with Crippen molar-refractivity contribution in [2.45, 2.75) is 37.6 Å². The van der Waals surface area contributed by atoms with Crippen LogP contribution in [0.2, 0.25) is 10.0 Å². The number of aromatic amines is 1. The summed E-state index contributed by atoms with van der Waals surface area (Å²) in [6, 6.07) is 5.55. The van der Waals surface area contributed by atoms with Crippen molar-refractivity contribution < 1.29 is 13.0 Å². The maximum absolute atomic E-state index is 13.4. The Morgan fingerprint density at radius 3 is 2.48 bits per heavy atom. The largest absolute Gasteiger partial charge is 0.243 e. The second-order valence-electron chi connectivity index (χ2n) is 7.07. The monoisotopic (exact) mass is 481 g/mol. The van der Waals surface area contributed by atoms with Crippen molar-refractivity contribution in [2.75, 3.05) is 0 Å². The van der Waals surface area contributed by atoms with Gasteiger partial charge in [0.15, 0.2) is 16.9 Å². The lowest BCUT2D eigenvalue weighted by Gasteiger charge is -2.25. The molecule has 0 saturated carbocycles. The van der Waals surface area contributed by atoms with Crippen molar-refractivity contribution in [1.82, 2.24) is 35.7 Å². The van der Waals surface area contributed by atoms with Crippen molar-refractivity contribution in [1.29, 1.82) is 0 Å². The van der Waals surface area contributed by atoms with Crippen molar-refractivity contribution in [3.63, 3.8) is 0 Å². The van der Waals surface area contributed by atoms with Gasteiger partial charge in [0.1, 0.15) is 4.90 Å². The molecule has 31 heavy (non-hydrogen) atoms. The highest BCUT2D eigenvalue weighted by Crippen LogP contribution is 2.38. The van der Waals surface area contributed by atoms with Gasteiger partial charge in [-0.05, 0) is 59.1 Å². The van der Waals surface area contributed by atoms with Gasteiger partial charge in [-0.15, -0.1) is 10.2 Å². The molecule has 2 aromatic heterocycles. The number of rotatable bonds is 6. The maximum Gasteiger partial charge on any atom is 0.243 e. The highest BCUT2D eigenvalue weighted by atomic mass is 35.5. The Labute approximate surface area is 187 Å². The number of hydrogen-bond donors (Lipinski definition) is 2. The molecule has 4 aromatic rings. The third-order valence-electron chi connectivity index (χ3n) is 5.23. The minimum atomic E-state index is -4.12. The van der Waals surface area contributed by atoms with Gasteiger partial charge in [-0.3, -0.25) is 0 Å². The Hall–Kier alpha value is -2.60. The van der Waals surface area contributed by atoms with Crippen molar-refractivity contribution in [3.05, 3.63) is 56.8 Å². The summed E-state index contributed by atoms with van der Waals surface area (Å²) < 4.78 is 34.0. The zero-order valence-corrected chi connectivity index (χ0v) is 18.9. The van der Waals surface area contributed by atoms with Crippen LogP contribution in [0.4, 0.5) is 0 Å². The van der Waals surface area contributed by atoms with Gasteiger partial charge in [0.2, 0.25) is 10.0 Å². The molecule has 10 nitrogen and oxygen atoms in total. The first-order valence-corrected chi connectivity index (χ1v) is 11.4. The lowest BCUT2D eigenvalue weighted by molar-refractivity contribution is 0.315. The van der Waals surface area contributed by atoms with Crippen LogP contribution < -0.4 is 4.72 Å². The number of aromatic nitrogens is 6. The van der Waals surface area contributed by atoms with E-state index in [-0.39, 0.29) is 26.8 Å². The molecule has 0 aliphatic rings. The molecule has 0 aliphatic heterocycles. The fraction of sp³-hybridized carbons (Fsp3) is 0.278. The van der Waals surface area contributed by atoms with Crippen molar-refractivity contribution >= 4 is 44.3 Å². The molecular formula is C18H17Cl2N7O3S. The molecule has 13 heteroatoms. The zero-order chi connectivity index (χ0) is 22.3. The van der Waals surface area contributed by atoms with Crippen LogP contribution in [0.3, 0.4) is 0 Å². The van der Waals surface area contributed by atoms with Gasteiger partial charge in [0, 0.05) is 10.9 Å². The number of nitrogens with zero attached hydrogens (tertiary/aromatic N) is 5. The number of nitrogens with one attached hydrogen (secondary N) is 2. The number of fused-ring (bicyclic) bond motifs is 1. The summed E-state index contributed by atoms with van der Waals surface area (Å²) in [6.07, 6.45) is 0. The van der Waals surface area contributed by atoms with Gasteiger partial charge in [-0.25, -0.2) is 13.0 Å². The van der Waals surface area contributed by atoms with Crippen LogP contribution in [0.25, 0.3) is 11.0 Å². The Morgan fingerprint density at radius 1 is 1.06 bits per heavy atom. The van der Waals surface area contributed by atoms with Crippen LogP contribution in [0.1, 0.15) is 41.4 Å². The number of aryl methyl sites for hydroxylation is 1. The molecule has 2 heterocycles. The van der Waals surface area contributed by atoms with Crippen molar-refractivity contribution in [2.24, 2.45) is 0 Å². The molecule has 162 valence electrons. The second kappa shape index (κ2) is 8.15. The van der Waals surface area contributed by atoms with Crippen LogP contribution >= 0.6 is 23.2 Å². The van der Waals surface area contributed by atoms with Crippen LogP contribution in [0.15, 0.2) is 33.8 Å². The second-order valence-corrected chi connectivity index (χ2v) is 9.56. The first-order valence-electron chi connectivity index (χ1n) is 9.12. The number of halogens is 2. The summed E-state index contributed by atoms with van der Waals surface area (Å²) in [7, 11) is -4.12. The predicted molar refractivity (Wildman–Crippen MR) is 113 cm³/mol. The molecule has 0 fully saturated rings. The van der Waals surface area contributed by atoms with E-state index in [2.05, 4.69) is 40.3 Å². The predicted octanol–water partition coefficient (Wildman–Crippen LogP) is 3.48. The highest BCUT2D eigenvalue weighted by molar-refractivity contribution is 7.89. The molecule has 0 aliphatic carbocycles. The average Bonchev–Trinajstić information content (AvgIpc) is 3.41. The topological polar surface area (TPSA) is 140 Å². The Bertz CT molecular complexity index is 1360. The van der Waals surface area contributed by atoms with Gasteiger partial charge >= 0.3 is 0 Å². The summed E-state index contributed by atoms with van der Waals surface area (Å²) in [5, 5.41) is 22.1. The molecule has 0 amide bonds. The number of tetrazole rings is 1. The Morgan fingerprint density at radius 2 is 1.77 bits per heavy atom. The molecule has 0 saturated heterocycles. The molecule has 2 unspecified atom stereocenters. The van der Waals surface area contributed by atoms with Crippen LogP contribution in [0, 0.1) is 13.8 Å². The molecule has 0 radical (unpaired) electrons. The van der Waals surface area contributed by atoms with E-state index in [9.17, 15) is 8.42 Å². The number of hydrogen-bond acceptors (Lipinski definition) is 8. The van der Waals surface area contributed by atoms with Gasteiger partial charge < -0.3 is 0 Å². The van der Waals surface area contributed by atoms with Crippen molar-refractivity contribution in [3.8, 4) is 0 Å². The highest BCUT2D eigenvalue weighted by Gasteiger charge is 2.33. The maximum atomic E-state index is 13.4. The first-order chi connectivity index (χ1) is 14.7. The summed E-state index contributed by atoms with van der Waals surface area (Å²) >= 11 is 12.5. The fourth-order valence-corrected chi connectivity index (χ4v) is 5.44. The van der Waals surface area contributed by atoms with E-state index in [1.807, 2.05) is 26.8 Å². The average molecular weight is 482 g/mol. The molecular weight excluding hydrogens is 465 g/mol. The number of benzene rings is 2. The standard InChI is InChI=1S/C18H17Cl2N7O3S/c1-8-4-5-11(19)14(9(8)2)10(3)15(18-21-26-27-22-18)25-31(28,29)13-7-6-12(20)16-17(13)24-30-23-16/h4-7,10,15,25H,1-3H3,(H,21,22,26,27). The molecule has 0 bridgehead atoms. The lowest BCUT2D eigenvalue weighted by Crippen LogP contribution is -2.33. The summed E-state index contributed by atoms with van der Waals surface area (Å²) in [4.78, 5) is -0.138. The van der Waals surface area contributed by atoms with E-state index >= 15 is 0 Å². The molecule has 0 spiro atoms. The van der Waals surface area contributed by atoms with Gasteiger partial charge in [0.25, 0.3) is 0 Å². The number of H-pyrrole nitrogens is 1. The zero-order valence-electron chi connectivity index (χ0n) is 16.6. The molecule has 4 rings (SSSR count).